The molecular formula is C16H24N4O. The number of hydrogen-bond acceptors (Lipinski definition) is 4. The van der Waals surface area contributed by atoms with E-state index in [1.54, 1.807) is 0 Å². The van der Waals surface area contributed by atoms with Gasteiger partial charge in [0.15, 0.2) is 0 Å². The van der Waals surface area contributed by atoms with Crippen molar-refractivity contribution in [2.75, 3.05) is 19.6 Å². The summed E-state index contributed by atoms with van der Waals surface area (Å²) < 4.78 is 0. The number of rotatable bonds is 0. The number of carbonyl (C=O) groups excluding carboxylic acids is 1. The highest BCUT2D eigenvalue weighted by Gasteiger charge is 2.43. The third-order valence-corrected chi connectivity index (χ3v) is 4.81. The number of nitrogens with zero attached hydrogens (tertiary/aromatic N) is 2. The van der Waals surface area contributed by atoms with Crippen LogP contribution in [0, 0.1) is 5.92 Å². The number of hydrazine groups is 1. The van der Waals surface area contributed by atoms with Crippen molar-refractivity contribution >= 4 is 5.91 Å². The first-order valence-corrected chi connectivity index (χ1v) is 7.82. The molecule has 21 heavy (non-hydrogen) atoms. The summed E-state index contributed by atoms with van der Waals surface area (Å²) in [4.78, 5) is 16.7. The Morgan fingerprint density at radius 2 is 2.24 bits per heavy atom. The molecule has 2 bridgehead atoms. The molecule has 0 aliphatic carbocycles. The quantitative estimate of drug-likeness (QED) is 0.698. The van der Waals surface area contributed by atoms with E-state index in [-0.39, 0.29) is 17.2 Å². The lowest BCUT2D eigenvalue weighted by atomic mass is 9.74. The zero-order valence-electron chi connectivity index (χ0n) is 12.6. The molecule has 0 radical (unpaired) electrons. The summed E-state index contributed by atoms with van der Waals surface area (Å²) in [6.45, 7) is 4.24. The number of amides is 1. The van der Waals surface area contributed by atoms with Gasteiger partial charge in [0.25, 0.3) is 0 Å². The van der Waals surface area contributed by atoms with Gasteiger partial charge in [-0.25, -0.2) is 5.01 Å². The molecule has 1 spiro atoms. The number of aryl methyl sites for hydroxylation is 1. The van der Waals surface area contributed by atoms with Gasteiger partial charge < -0.3 is 5.32 Å². The third-order valence-electron chi connectivity index (χ3n) is 4.81. The molecule has 1 fully saturated rings. The second kappa shape index (κ2) is 5.73. The van der Waals surface area contributed by atoms with Crippen LogP contribution in [0.25, 0.3) is 0 Å². The Morgan fingerprint density at radius 3 is 3.00 bits per heavy atom. The molecule has 114 valence electrons. The van der Waals surface area contributed by atoms with Crippen molar-refractivity contribution in [2.24, 2.45) is 11.8 Å². The van der Waals surface area contributed by atoms with Crippen LogP contribution in [-0.4, -0.2) is 35.5 Å². The van der Waals surface area contributed by atoms with Gasteiger partial charge in [0, 0.05) is 42.9 Å². The molecule has 1 unspecified atom stereocenters. The lowest BCUT2D eigenvalue weighted by molar-refractivity contribution is -0.125. The molecule has 3 N–H and O–H groups in total. The monoisotopic (exact) mass is 288 g/mol. The van der Waals surface area contributed by atoms with Gasteiger partial charge in [0.05, 0.1) is 0 Å². The molecule has 2 aliphatic rings. The van der Waals surface area contributed by atoms with Gasteiger partial charge in [-0.1, -0.05) is 13.3 Å². The Morgan fingerprint density at radius 1 is 1.43 bits per heavy atom. The highest BCUT2D eigenvalue weighted by molar-refractivity contribution is 5.78. The zero-order chi connectivity index (χ0) is 14.9. The number of pyridine rings is 1. The van der Waals surface area contributed by atoms with Gasteiger partial charge in [0.1, 0.15) is 0 Å². The van der Waals surface area contributed by atoms with Crippen LogP contribution < -0.4 is 11.2 Å². The van der Waals surface area contributed by atoms with Crippen LogP contribution >= 0.6 is 0 Å². The standard InChI is InChI=1S/C16H24N4O/c1-12-4-2-3-5-14-8-13(6-7-18-14)16(9-19-15(12)21)10-20(17)11-16/h6-8,12H,2-5,9-11,17H2,1H3,(H,19,21). The fourth-order valence-corrected chi connectivity index (χ4v) is 3.39. The number of nitrogens with one attached hydrogen (secondary N) is 1. The van der Waals surface area contributed by atoms with Crippen molar-refractivity contribution in [3.63, 3.8) is 0 Å². The van der Waals surface area contributed by atoms with E-state index in [9.17, 15) is 4.79 Å². The van der Waals surface area contributed by atoms with E-state index in [4.69, 9.17) is 5.84 Å². The summed E-state index contributed by atoms with van der Waals surface area (Å²) in [5.74, 6) is 6.12. The summed E-state index contributed by atoms with van der Waals surface area (Å²) in [6, 6.07) is 4.27. The predicted molar refractivity (Wildman–Crippen MR) is 81.4 cm³/mol. The first kappa shape index (κ1) is 14.5. The Balaban J connectivity index is 1.88. The maximum absolute atomic E-state index is 12.2. The molecule has 1 amide bonds. The average Bonchev–Trinajstić information content (AvgIpc) is 2.45. The molecule has 1 aromatic heterocycles. The molecule has 5 nitrogen and oxygen atoms in total. The predicted octanol–water partition coefficient (Wildman–Crippen LogP) is 0.987. The van der Waals surface area contributed by atoms with Crippen LogP contribution in [0.5, 0.6) is 0 Å². The van der Waals surface area contributed by atoms with E-state index in [0.29, 0.717) is 6.54 Å². The van der Waals surface area contributed by atoms with Crippen LogP contribution in [-0.2, 0) is 16.6 Å². The summed E-state index contributed by atoms with van der Waals surface area (Å²) in [6.07, 6.45) is 5.99. The molecule has 1 aromatic rings. The summed E-state index contributed by atoms with van der Waals surface area (Å²) >= 11 is 0. The Hall–Kier alpha value is -1.46. The van der Waals surface area contributed by atoms with E-state index >= 15 is 0 Å². The van der Waals surface area contributed by atoms with Crippen molar-refractivity contribution in [3.8, 4) is 0 Å². The number of fused-ring (bicyclic) bond motifs is 3. The van der Waals surface area contributed by atoms with Crippen LogP contribution in [0.1, 0.15) is 37.4 Å². The minimum absolute atomic E-state index is 0.0545. The first-order valence-electron chi connectivity index (χ1n) is 7.82. The molecular weight excluding hydrogens is 264 g/mol. The van der Waals surface area contributed by atoms with Crippen LogP contribution in [0.15, 0.2) is 18.3 Å². The number of carbonyl (C=O) groups is 1. The highest BCUT2D eigenvalue weighted by atomic mass is 16.1. The van der Waals surface area contributed by atoms with Gasteiger partial charge in [-0.05, 0) is 37.0 Å². The minimum Gasteiger partial charge on any atom is -0.355 e. The Labute approximate surface area is 125 Å². The lowest BCUT2D eigenvalue weighted by Gasteiger charge is -2.48. The normalized spacial score (nSPS) is 26.4. The van der Waals surface area contributed by atoms with E-state index in [2.05, 4.69) is 22.4 Å². The summed E-state index contributed by atoms with van der Waals surface area (Å²) in [7, 11) is 0. The van der Waals surface area contributed by atoms with Gasteiger partial charge in [-0.2, -0.15) is 0 Å². The molecule has 0 aromatic carbocycles. The zero-order valence-corrected chi connectivity index (χ0v) is 12.6. The molecule has 2 aliphatic heterocycles. The molecule has 1 atom stereocenters. The number of hydrogen-bond donors (Lipinski definition) is 2. The van der Waals surface area contributed by atoms with Crippen LogP contribution in [0.3, 0.4) is 0 Å². The summed E-state index contributed by atoms with van der Waals surface area (Å²) in [5.41, 5.74) is 2.35. The lowest BCUT2D eigenvalue weighted by Crippen LogP contribution is -2.66. The van der Waals surface area contributed by atoms with Crippen molar-refractivity contribution in [3.05, 3.63) is 29.6 Å². The van der Waals surface area contributed by atoms with E-state index in [1.165, 1.54) is 5.56 Å². The molecule has 3 heterocycles. The van der Waals surface area contributed by atoms with Gasteiger partial charge in [-0.3, -0.25) is 15.6 Å². The van der Waals surface area contributed by atoms with Gasteiger partial charge >= 0.3 is 0 Å². The van der Waals surface area contributed by atoms with Crippen molar-refractivity contribution in [1.29, 1.82) is 0 Å². The largest absolute Gasteiger partial charge is 0.355 e. The van der Waals surface area contributed by atoms with Crippen molar-refractivity contribution < 1.29 is 4.79 Å². The second-order valence-electron chi connectivity index (χ2n) is 6.59. The number of aromatic nitrogens is 1. The average molecular weight is 288 g/mol. The van der Waals surface area contributed by atoms with Crippen LogP contribution in [0.2, 0.25) is 0 Å². The van der Waals surface area contributed by atoms with Gasteiger partial charge in [-0.15, -0.1) is 0 Å². The highest BCUT2D eigenvalue weighted by Crippen LogP contribution is 2.33. The van der Waals surface area contributed by atoms with E-state index in [0.717, 1.165) is 44.5 Å². The van der Waals surface area contributed by atoms with Gasteiger partial charge in [0.2, 0.25) is 5.91 Å². The maximum Gasteiger partial charge on any atom is 0.222 e. The summed E-state index contributed by atoms with van der Waals surface area (Å²) in [5, 5.41) is 4.94. The third kappa shape index (κ3) is 2.94. The minimum atomic E-state index is -0.0545. The van der Waals surface area contributed by atoms with E-state index < -0.39 is 0 Å². The number of nitrogens with two attached hydrogens (primary N) is 1. The van der Waals surface area contributed by atoms with Crippen LogP contribution in [0.4, 0.5) is 0 Å². The van der Waals surface area contributed by atoms with Crippen molar-refractivity contribution in [2.45, 2.75) is 38.0 Å². The van der Waals surface area contributed by atoms with Crippen molar-refractivity contribution in [1.82, 2.24) is 15.3 Å². The fourth-order valence-electron chi connectivity index (χ4n) is 3.39. The molecule has 3 rings (SSSR count). The molecule has 5 heteroatoms. The fraction of sp³-hybridized carbons (Fsp3) is 0.625. The SMILES string of the molecule is CC1CCCCc2cc(ccn2)C2(CNC1=O)CN(N)C2. The molecule has 1 saturated heterocycles. The smallest absolute Gasteiger partial charge is 0.222 e. The molecule has 0 saturated carbocycles. The maximum atomic E-state index is 12.2. The Bertz CT molecular complexity index is 525. The van der Waals surface area contributed by atoms with E-state index in [1.807, 2.05) is 18.1 Å². The Kier molecular flexibility index (Phi) is 3.95. The first-order chi connectivity index (χ1) is 10.1. The second-order valence-corrected chi connectivity index (χ2v) is 6.59. The topological polar surface area (TPSA) is 71.2 Å².